The van der Waals surface area contributed by atoms with Crippen LogP contribution in [0.1, 0.15) is 5.56 Å². The van der Waals surface area contributed by atoms with Gasteiger partial charge in [-0.25, -0.2) is 0 Å². The standard InChI is InChI=1S/C17H18ClN3O2S/c1-11-8-12(18)6-7-13(11)21-17(23)9-20-14-4-2-3-5-15(14)24-10-16(19)22/h2-8,20H,9-10H2,1H3,(H2,19,22)(H,21,23). The van der Waals surface area contributed by atoms with Crippen LogP contribution in [0.3, 0.4) is 0 Å². The molecular weight excluding hydrogens is 346 g/mol. The maximum Gasteiger partial charge on any atom is 0.243 e. The van der Waals surface area contributed by atoms with E-state index in [2.05, 4.69) is 10.6 Å². The summed E-state index contributed by atoms with van der Waals surface area (Å²) >= 11 is 7.24. The summed E-state index contributed by atoms with van der Waals surface area (Å²) in [6.45, 7) is 1.99. The highest BCUT2D eigenvalue weighted by molar-refractivity contribution is 8.00. The van der Waals surface area contributed by atoms with Crippen molar-refractivity contribution in [3.63, 3.8) is 0 Å². The van der Waals surface area contributed by atoms with Crippen LogP contribution in [0.25, 0.3) is 0 Å². The number of halogens is 1. The number of carbonyl (C=O) groups is 2. The van der Waals surface area contributed by atoms with E-state index in [1.54, 1.807) is 18.2 Å². The lowest BCUT2D eigenvalue weighted by Crippen LogP contribution is -2.22. The first-order chi connectivity index (χ1) is 11.5. The molecule has 0 unspecified atom stereocenters. The largest absolute Gasteiger partial charge is 0.375 e. The number of nitrogens with two attached hydrogens (primary N) is 1. The van der Waals surface area contributed by atoms with Gasteiger partial charge in [0, 0.05) is 21.3 Å². The van der Waals surface area contributed by atoms with Crippen LogP contribution in [0.2, 0.25) is 5.02 Å². The molecule has 2 aromatic carbocycles. The Bertz CT molecular complexity index is 752. The van der Waals surface area contributed by atoms with Gasteiger partial charge >= 0.3 is 0 Å². The van der Waals surface area contributed by atoms with E-state index in [9.17, 15) is 9.59 Å². The fourth-order valence-corrected chi connectivity index (χ4v) is 3.02. The van der Waals surface area contributed by atoms with Gasteiger partial charge in [-0.2, -0.15) is 0 Å². The van der Waals surface area contributed by atoms with Crippen molar-refractivity contribution in [2.45, 2.75) is 11.8 Å². The molecule has 0 aliphatic carbocycles. The molecule has 2 aromatic rings. The Hall–Kier alpha value is -2.18. The fraction of sp³-hybridized carbons (Fsp3) is 0.176. The zero-order valence-electron chi connectivity index (χ0n) is 13.1. The number of rotatable bonds is 7. The Kier molecular flexibility index (Phi) is 6.52. The van der Waals surface area contributed by atoms with Crippen molar-refractivity contribution in [2.75, 3.05) is 22.9 Å². The smallest absolute Gasteiger partial charge is 0.243 e. The molecule has 5 nitrogen and oxygen atoms in total. The lowest BCUT2D eigenvalue weighted by Gasteiger charge is -2.12. The van der Waals surface area contributed by atoms with Gasteiger partial charge in [0.05, 0.1) is 12.3 Å². The highest BCUT2D eigenvalue weighted by atomic mass is 35.5. The molecule has 0 heterocycles. The molecule has 0 saturated carbocycles. The van der Waals surface area contributed by atoms with Crippen LogP contribution in [0, 0.1) is 6.92 Å². The van der Waals surface area contributed by atoms with Gasteiger partial charge in [-0.1, -0.05) is 23.7 Å². The van der Waals surface area contributed by atoms with Gasteiger partial charge in [0.2, 0.25) is 11.8 Å². The van der Waals surface area contributed by atoms with E-state index in [1.165, 1.54) is 11.8 Å². The predicted molar refractivity (Wildman–Crippen MR) is 99.7 cm³/mol. The third-order valence-electron chi connectivity index (χ3n) is 3.16. The van der Waals surface area contributed by atoms with Crippen molar-refractivity contribution in [3.8, 4) is 0 Å². The zero-order chi connectivity index (χ0) is 17.5. The molecule has 0 atom stereocenters. The Morgan fingerprint density at radius 1 is 1.17 bits per heavy atom. The molecule has 0 aliphatic rings. The number of primary amides is 1. The molecule has 0 aliphatic heterocycles. The minimum absolute atomic E-state index is 0.107. The number of aryl methyl sites for hydroxylation is 1. The summed E-state index contributed by atoms with van der Waals surface area (Å²) in [7, 11) is 0. The van der Waals surface area contributed by atoms with Crippen molar-refractivity contribution < 1.29 is 9.59 Å². The monoisotopic (exact) mass is 363 g/mol. The normalized spacial score (nSPS) is 10.2. The van der Waals surface area contributed by atoms with Crippen LogP contribution >= 0.6 is 23.4 Å². The van der Waals surface area contributed by atoms with Crippen molar-refractivity contribution >= 4 is 46.6 Å². The second-order valence-corrected chi connectivity index (χ2v) is 6.57. The number of thioether (sulfide) groups is 1. The Morgan fingerprint density at radius 3 is 2.62 bits per heavy atom. The summed E-state index contributed by atoms with van der Waals surface area (Å²) in [5.74, 6) is -0.365. The minimum Gasteiger partial charge on any atom is -0.375 e. The number of carbonyl (C=O) groups excluding carboxylic acids is 2. The van der Waals surface area contributed by atoms with E-state index in [4.69, 9.17) is 17.3 Å². The molecule has 0 saturated heterocycles. The SMILES string of the molecule is Cc1cc(Cl)ccc1NC(=O)CNc1ccccc1SCC(N)=O. The minimum atomic E-state index is -0.384. The van der Waals surface area contributed by atoms with Crippen LogP contribution in [0.4, 0.5) is 11.4 Å². The third-order valence-corrected chi connectivity index (χ3v) is 4.49. The number of benzene rings is 2. The van der Waals surface area contributed by atoms with Crippen molar-refractivity contribution in [2.24, 2.45) is 5.73 Å². The highest BCUT2D eigenvalue weighted by Crippen LogP contribution is 2.26. The topological polar surface area (TPSA) is 84.2 Å². The van der Waals surface area contributed by atoms with Crippen LogP contribution < -0.4 is 16.4 Å². The number of hydrogen-bond acceptors (Lipinski definition) is 4. The molecular formula is C17H18ClN3O2S. The predicted octanol–water partition coefficient (Wildman–Crippen LogP) is 3.28. The Morgan fingerprint density at radius 2 is 1.92 bits per heavy atom. The van der Waals surface area contributed by atoms with Crippen LogP contribution in [-0.4, -0.2) is 24.1 Å². The Labute approximate surface area is 150 Å². The van der Waals surface area contributed by atoms with Crippen molar-refractivity contribution in [1.82, 2.24) is 0 Å². The van der Waals surface area contributed by atoms with Crippen LogP contribution in [-0.2, 0) is 9.59 Å². The fourth-order valence-electron chi connectivity index (χ4n) is 2.02. The summed E-state index contributed by atoms with van der Waals surface area (Å²) in [6, 6.07) is 12.7. The maximum atomic E-state index is 12.1. The van der Waals surface area contributed by atoms with E-state index < -0.39 is 0 Å². The number of nitrogens with one attached hydrogen (secondary N) is 2. The lowest BCUT2D eigenvalue weighted by molar-refractivity contribution is -0.116. The number of hydrogen-bond donors (Lipinski definition) is 3. The molecule has 4 N–H and O–H groups in total. The van der Waals surface area contributed by atoms with Crippen LogP contribution in [0.5, 0.6) is 0 Å². The van der Waals surface area contributed by atoms with Gasteiger partial charge in [0.15, 0.2) is 0 Å². The first kappa shape index (κ1) is 18.2. The molecule has 0 aromatic heterocycles. The average Bonchev–Trinajstić information content (AvgIpc) is 2.54. The highest BCUT2D eigenvalue weighted by Gasteiger charge is 2.08. The average molecular weight is 364 g/mol. The molecule has 0 bridgehead atoms. The first-order valence-corrected chi connectivity index (χ1v) is 8.62. The van der Waals surface area contributed by atoms with Gasteiger partial charge in [-0.3, -0.25) is 9.59 Å². The van der Waals surface area contributed by atoms with Gasteiger partial charge in [0.1, 0.15) is 0 Å². The number of para-hydroxylation sites is 1. The van der Waals surface area contributed by atoms with Gasteiger partial charge in [0.25, 0.3) is 0 Å². The molecule has 24 heavy (non-hydrogen) atoms. The van der Waals surface area contributed by atoms with Crippen LogP contribution in [0.15, 0.2) is 47.4 Å². The second-order valence-electron chi connectivity index (χ2n) is 5.11. The molecule has 7 heteroatoms. The van der Waals surface area contributed by atoms with Crippen molar-refractivity contribution in [1.29, 1.82) is 0 Å². The van der Waals surface area contributed by atoms with E-state index >= 15 is 0 Å². The Balaban J connectivity index is 1.95. The maximum absolute atomic E-state index is 12.1. The number of amides is 2. The molecule has 0 spiro atoms. The molecule has 2 rings (SSSR count). The summed E-state index contributed by atoms with van der Waals surface area (Å²) in [4.78, 5) is 23.9. The second kappa shape index (κ2) is 8.61. The van der Waals surface area contributed by atoms with Gasteiger partial charge in [-0.05, 0) is 42.8 Å². The van der Waals surface area contributed by atoms with E-state index in [0.717, 1.165) is 21.8 Å². The van der Waals surface area contributed by atoms with Gasteiger partial charge in [-0.15, -0.1) is 11.8 Å². The van der Waals surface area contributed by atoms with Crippen molar-refractivity contribution in [3.05, 3.63) is 53.1 Å². The third kappa shape index (κ3) is 5.47. The number of anilines is 2. The van der Waals surface area contributed by atoms with Gasteiger partial charge < -0.3 is 16.4 Å². The first-order valence-electron chi connectivity index (χ1n) is 7.25. The summed E-state index contributed by atoms with van der Waals surface area (Å²) in [5.41, 5.74) is 7.57. The van der Waals surface area contributed by atoms with E-state index in [-0.39, 0.29) is 24.1 Å². The van der Waals surface area contributed by atoms with E-state index in [0.29, 0.717) is 5.02 Å². The van der Waals surface area contributed by atoms with E-state index in [1.807, 2.05) is 31.2 Å². The molecule has 0 fully saturated rings. The lowest BCUT2D eigenvalue weighted by atomic mass is 10.2. The molecule has 2 amide bonds. The summed E-state index contributed by atoms with van der Waals surface area (Å²) in [5, 5.41) is 6.54. The molecule has 0 radical (unpaired) electrons. The zero-order valence-corrected chi connectivity index (χ0v) is 14.7. The molecule has 126 valence electrons. The summed E-state index contributed by atoms with van der Waals surface area (Å²) in [6.07, 6.45) is 0. The quantitative estimate of drug-likeness (QED) is 0.659. The summed E-state index contributed by atoms with van der Waals surface area (Å²) < 4.78 is 0.